The zero-order chi connectivity index (χ0) is 14.0. The summed E-state index contributed by atoms with van der Waals surface area (Å²) >= 11 is 0. The topological polar surface area (TPSA) is 127 Å². The molecule has 0 radical (unpaired) electrons. The first kappa shape index (κ1) is 13.3. The lowest BCUT2D eigenvalue weighted by molar-refractivity contribution is 0.483. The second kappa shape index (κ2) is 4.85. The number of H-pyrrole nitrogens is 1. The molecule has 2 rings (SSSR count). The van der Waals surface area contributed by atoms with Crippen LogP contribution in [0.1, 0.15) is 5.82 Å². The maximum Gasteiger partial charge on any atom is 0.244 e. The largest absolute Gasteiger partial charge is 0.399 e. The van der Waals surface area contributed by atoms with Gasteiger partial charge in [-0.1, -0.05) is 5.21 Å². The lowest BCUT2D eigenvalue weighted by Crippen LogP contribution is -2.25. The number of hydrogen-bond donors (Lipinski definition) is 3. The van der Waals surface area contributed by atoms with E-state index in [0.717, 1.165) is 6.07 Å². The molecule has 0 saturated heterocycles. The smallest absolute Gasteiger partial charge is 0.244 e. The van der Waals surface area contributed by atoms with Crippen molar-refractivity contribution in [2.75, 3.05) is 5.73 Å². The summed E-state index contributed by atoms with van der Waals surface area (Å²) in [6, 6.07) is 1.50. The number of sulfonamides is 1. The van der Waals surface area contributed by atoms with Crippen LogP contribution in [0.15, 0.2) is 17.0 Å². The third-order valence-electron chi connectivity index (χ3n) is 2.12. The van der Waals surface area contributed by atoms with Crippen LogP contribution in [-0.4, -0.2) is 29.0 Å². The minimum absolute atomic E-state index is 0.0494. The molecule has 4 N–H and O–H groups in total. The van der Waals surface area contributed by atoms with Crippen molar-refractivity contribution in [1.82, 2.24) is 25.3 Å². The van der Waals surface area contributed by atoms with E-state index < -0.39 is 26.6 Å². The summed E-state index contributed by atoms with van der Waals surface area (Å²) in [4.78, 5) is -0.881. The number of tetrazole rings is 1. The molecule has 11 heteroatoms. The number of aromatic nitrogens is 4. The molecule has 0 saturated carbocycles. The molecule has 19 heavy (non-hydrogen) atoms. The van der Waals surface area contributed by atoms with E-state index in [-0.39, 0.29) is 18.1 Å². The molecule has 1 heterocycles. The highest BCUT2D eigenvalue weighted by Gasteiger charge is 2.22. The van der Waals surface area contributed by atoms with Gasteiger partial charge >= 0.3 is 0 Å². The Balaban J connectivity index is 2.29. The Morgan fingerprint density at radius 2 is 2.11 bits per heavy atom. The Morgan fingerprint density at radius 1 is 1.37 bits per heavy atom. The molecule has 0 aliphatic heterocycles. The fourth-order valence-electron chi connectivity index (χ4n) is 1.27. The Hall–Kier alpha value is -2.14. The van der Waals surface area contributed by atoms with Crippen LogP contribution in [0.25, 0.3) is 0 Å². The van der Waals surface area contributed by atoms with E-state index in [2.05, 4.69) is 20.6 Å². The molecule has 1 aromatic heterocycles. The van der Waals surface area contributed by atoms with Gasteiger partial charge in [0.1, 0.15) is 4.90 Å². The summed E-state index contributed by atoms with van der Waals surface area (Å²) in [5, 5.41) is 12.3. The van der Waals surface area contributed by atoms with Crippen molar-refractivity contribution >= 4 is 15.7 Å². The zero-order valence-electron chi connectivity index (χ0n) is 9.26. The molecule has 0 atom stereocenters. The summed E-state index contributed by atoms with van der Waals surface area (Å²) in [6.07, 6.45) is 0. The predicted molar refractivity (Wildman–Crippen MR) is 59.0 cm³/mol. The molecule has 0 aliphatic rings. The van der Waals surface area contributed by atoms with E-state index in [0.29, 0.717) is 6.07 Å². The highest BCUT2D eigenvalue weighted by Crippen LogP contribution is 2.20. The van der Waals surface area contributed by atoms with Gasteiger partial charge in [-0.25, -0.2) is 21.9 Å². The summed E-state index contributed by atoms with van der Waals surface area (Å²) < 4.78 is 52.1. The SMILES string of the molecule is Nc1cc(F)c(F)c(S(=O)(=O)NCc2nn[nH]n2)c1. The normalized spacial score (nSPS) is 11.7. The quantitative estimate of drug-likeness (QED) is 0.654. The van der Waals surface area contributed by atoms with Crippen molar-refractivity contribution in [2.45, 2.75) is 11.4 Å². The standard InChI is InChI=1S/C8H8F2N6O2S/c9-5-1-4(11)2-6(8(5)10)19(17,18)12-3-7-13-15-16-14-7/h1-2,12H,3,11H2,(H,13,14,15,16). The first-order valence-electron chi connectivity index (χ1n) is 4.86. The van der Waals surface area contributed by atoms with Gasteiger partial charge < -0.3 is 5.73 Å². The van der Waals surface area contributed by atoms with E-state index in [1.165, 1.54) is 0 Å². The first-order valence-corrected chi connectivity index (χ1v) is 6.35. The van der Waals surface area contributed by atoms with Crippen molar-refractivity contribution < 1.29 is 17.2 Å². The number of aromatic amines is 1. The number of halogens is 2. The van der Waals surface area contributed by atoms with E-state index >= 15 is 0 Å². The van der Waals surface area contributed by atoms with Crippen molar-refractivity contribution in [3.63, 3.8) is 0 Å². The Bertz CT molecular complexity index is 688. The van der Waals surface area contributed by atoms with Gasteiger partial charge in [-0.05, 0) is 12.1 Å². The number of nitrogens with two attached hydrogens (primary N) is 1. The molecule has 1 aromatic carbocycles. The fourth-order valence-corrected chi connectivity index (χ4v) is 2.37. The predicted octanol–water partition coefficient (Wildman–Crippen LogP) is -0.461. The van der Waals surface area contributed by atoms with Crippen molar-refractivity contribution in [3.8, 4) is 0 Å². The molecule has 0 bridgehead atoms. The van der Waals surface area contributed by atoms with E-state index in [1.807, 2.05) is 4.72 Å². The molecule has 8 nitrogen and oxygen atoms in total. The summed E-state index contributed by atoms with van der Waals surface area (Å²) in [7, 11) is -4.28. The molecule has 0 fully saturated rings. The van der Waals surface area contributed by atoms with Gasteiger partial charge in [-0.3, -0.25) is 0 Å². The number of anilines is 1. The molecular formula is C8H8F2N6O2S. The number of nitrogens with zero attached hydrogens (tertiary/aromatic N) is 3. The first-order chi connectivity index (χ1) is 8.90. The fraction of sp³-hybridized carbons (Fsp3) is 0.125. The second-order valence-electron chi connectivity index (χ2n) is 3.47. The molecule has 0 amide bonds. The van der Waals surface area contributed by atoms with Crippen LogP contribution in [-0.2, 0) is 16.6 Å². The highest BCUT2D eigenvalue weighted by atomic mass is 32.2. The van der Waals surface area contributed by atoms with Crippen LogP contribution >= 0.6 is 0 Å². The Morgan fingerprint density at radius 3 is 2.74 bits per heavy atom. The lowest BCUT2D eigenvalue weighted by Gasteiger charge is -2.07. The minimum Gasteiger partial charge on any atom is -0.399 e. The molecule has 0 spiro atoms. The third kappa shape index (κ3) is 2.82. The molecular weight excluding hydrogens is 282 g/mol. The Kier molecular flexibility index (Phi) is 3.40. The van der Waals surface area contributed by atoms with E-state index in [4.69, 9.17) is 5.73 Å². The summed E-state index contributed by atoms with van der Waals surface area (Å²) in [5.41, 5.74) is 5.07. The van der Waals surface area contributed by atoms with Crippen molar-refractivity contribution in [1.29, 1.82) is 0 Å². The van der Waals surface area contributed by atoms with Crippen LogP contribution in [0.3, 0.4) is 0 Å². The number of rotatable bonds is 4. The number of nitrogens with one attached hydrogen (secondary N) is 2. The number of hydrogen-bond acceptors (Lipinski definition) is 6. The summed E-state index contributed by atoms with van der Waals surface area (Å²) in [6.45, 7) is -0.325. The Labute approximate surface area is 106 Å². The van der Waals surface area contributed by atoms with Gasteiger partial charge in [-0.15, -0.1) is 10.2 Å². The van der Waals surface area contributed by atoms with Crippen LogP contribution in [0.4, 0.5) is 14.5 Å². The van der Waals surface area contributed by atoms with Gasteiger partial charge in [0.25, 0.3) is 0 Å². The van der Waals surface area contributed by atoms with Crippen LogP contribution < -0.4 is 10.5 Å². The van der Waals surface area contributed by atoms with Crippen molar-refractivity contribution in [2.24, 2.45) is 0 Å². The maximum absolute atomic E-state index is 13.4. The monoisotopic (exact) mass is 290 g/mol. The molecule has 102 valence electrons. The van der Waals surface area contributed by atoms with Crippen molar-refractivity contribution in [3.05, 3.63) is 29.6 Å². The van der Waals surface area contributed by atoms with Crippen LogP contribution in [0.5, 0.6) is 0 Å². The minimum atomic E-state index is -4.28. The average Bonchev–Trinajstić information content (AvgIpc) is 2.84. The van der Waals surface area contributed by atoms with Gasteiger partial charge in [0.05, 0.1) is 6.54 Å². The molecule has 0 unspecified atom stereocenters. The summed E-state index contributed by atoms with van der Waals surface area (Å²) in [5.74, 6) is -2.80. The highest BCUT2D eigenvalue weighted by molar-refractivity contribution is 7.89. The van der Waals surface area contributed by atoms with Gasteiger partial charge in [-0.2, -0.15) is 5.21 Å². The number of nitrogen functional groups attached to an aromatic ring is 1. The van der Waals surface area contributed by atoms with Crippen LogP contribution in [0.2, 0.25) is 0 Å². The lowest BCUT2D eigenvalue weighted by atomic mass is 10.3. The average molecular weight is 290 g/mol. The third-order valence-corrected chi connectivity index (χ3v) is 3.52. The zero-order valence-corrected chi connectivity index (χ0v) is 10.1. The molecule has 2 aromatic rings. The van der Waals surface area contributed by atoms with Gasteiger partial charge in [0, 0.05) is 5.69 Å². The van der Waals surface area contributed by atoms with Gasteiger partial charge in [0.2, 0.25) is 10.0 Å². The van der Waals surface area contributed by atoms with Gasteiger partial charge in [0.15, 0.2) is 17.5 Å². The van der Waals surface area contributed by atoms with Crippen LogP contribution in [0, 0.1) is 11.6 Å². The maximum atomic E-state index is 13.4. The number of benzene rings is 1. The van der Waals surface area contributed by atoms with E-state index in [1.54, 1.807) is 0 Å². The van der Waals surface area contributed by atoms with E-state index in [9.17, 15) is 17.2 Å². The second-order valence-corrected chi connectivity index (χ2v) is 5.20. The molecule has 0 aliphatic carbocycles.